The van der Waals surface area contributed by atoms with Crippen LogP contribution in [-0.2, 0) is 0 Å². The molecule has 110 valence electrons. The van der Waals surface area contributed by atoms with E-state index in [0.717, 1.165) is 0 Å². The SMILES string of the molecule is Cc1ccccc1[C@@H](C)P(c1ccccc1)c1ccccc1. The van der Waals surface area contributed by atoms with Crippen LogP contribution in [0.3, 0.4) is 0 Å². The minimum atomic E-state index is -0.405. The fourth-order valence-electron chi connectivity index (χ4n) is 2.97. The van der Waals surface area contributed by atoms with Gasteiger partial charge in [-0.3, -0.25) is 0 Å². The van der Waals surface area contributed by atoms with E-state index in [2.05, 4.69) is 98.8 Å². The Morgan fingerprint density at radius 3 is 1.59 bits per heavy atom. The van der Waals surface area contributed by atoms with Crippen LogP contribution in [0, 0.1) is 6.92 Å². The smallest absolute Gasteiger partial charge is 0.00963 e. The van der Waals surface area contributed by atoms with E-state index < -0.39 is 7.92 Å². The van der Waals surface area contributed by atoms with E-state index in [1.54, 1.807) is 0 Å². The maximum absolute atomic E-state index is 2.37. The Hall–Kier alpha value is -1.91. The van der Waals surface area contributed by atoms with Gasteiger partial charge in [0.1, 0.15) is 0 Å². The maximum Gasteiger partial charge on any atom is 0.00963 e. The first-order chi connectivity index (χ1) is 10.8. The van der Waals surface area contributed by atoms with Crippen LogP contribution in [0.1, 0.15) is 23.7 Å². The second-order valence-corrected chi connectivity index (χ2v) is 8.12. The first-order valence-electron chi connectivity index (χ1n) is 7.72. The lowest BCUT2D eigenvalue weighted by Crippen LogP contribution is -2.16. The normalized spacial score (nSPS) is 12.3. The van der Waals surface area contributed by atoms with Crippen molar-refractivity contribution in [3.8, 4) is 0 Å². The molecule has 22 heavy (non-hydrogen) atoms. The summed E-state index contributed by atoms with van der Waals surface area (Å²) in [6, 6.07) is 30.7. The third-order valence-electron chi connectivity index (χ3n) is 4.09. The van der Waals surface area contributed by atoms with Gasteiger partial charge in [0.15, 0.2) is 0 Å². The number of rotatable bonds is 4. The molecule has 0 aliphatic heterocycles. The predicted molar refractivity (Wildman–Crippen MR) is 98.7 cm³/mol. The van der Waals surface area contributed by atoms with Crippen LogP contribution in [0.2, 0.25) is 0 Å². The van der Waals surface area contributed by atoms with Crippen molar-refractivity contribution in [2.75, 3.05) is 0 Å². The molecule has 1 heteroatoms. The molecule has 3 aromatic rings. The van der Waals surface area contributed by atoms with Crippen molar-refractivity contribution in [1.29, 1.82) is 0 Å². The summed E-state index contributed by atoms with van der Waals surface area (Å²) in [4.78, 5) is 0. The van der Waals surface area contributed by atoms with E-state index >= 15 is 0 Å². The quantitative estimate of drug-likeness (QED) is 0.582. The van der Waals surface area contributed by atoms with Crippen LogP contribution in [0.15, 0.2) is 84.9 Å². The van der Waals surface area contributed by atoms with Crippen LogP contribution in [0.4, 0.5) is 0 Å². The average Bonchev–Trinajstić information content (AvgIpc) is 2.57. The predicted octanol–water partition coefficient (Wildman–Crippen LogP) is 5.19. The molecular formula is C21H21P. The molecule has 0 unspecified atom stereocenters. The molecule has 0 fully saturated rings. The summed E-state index contributed by atoms with van der Waals surface area (Å²) in [6.45, 7) is 4.59. The summed E-state index contributed by atoms with van der Waals surface area (Å²) in [7, 11) is -0.405. The standard InChI is InChI=1S/C21H21P/c1-17-11-9-10-16-21(17)18(2)22(19-12-5-3-6-13-19)20-14-7-4-8-15-20/h3-16,18H,1-2H3/t18-/m1/s1. The second-order valence-electron chi connectivity index (χ2n) is 5.57. The molecule has 0 N–H and O–H groups in total. The molecule has 0 radical (unpaired) electrons. The molecule has 0 bridgehead atoms. The van der Waals surface area contributed by atoms with E-state index in [1.807, 2.05) is 0 Å². The highest BCUT2D eigenvalue weighted by Crippen LogP contribution is 2.49. The topological polar surface area (TPSA) is 0 Å². The van der Waals surface area contributed by atoms with Crippen molar-refractivity contribution in [2.45, 2.75) is 19.5 Å². The Morgan fingerprint density at radius 1 is 0.636 bits per heavy atom. The summed E-state index contributed by atoms with van der Waals surface area (Å²) in [5.41, 5.74) is 3.34. The van der Waals surface area contributed by atoms with Crippen molar-refractivity contribution in [3.05, 3.63) is 96.1 Å². The lowest BCUT2D eigenvalue weighted by Gasteiger charge is -2.27. The van der Waals surface area contributed by atoms with Crippen LogP contribution in [0.5, 0.6) is 0 Å². The molecule has 0 amide bonds. The Morgan fingerprint density at radius 2 is 1.09 bits per heavy atom. The molecular weight excluding hydrogens is 283 g/mol. The molecule has 0 aliphatic rings. The lowest BCUT2D eigenvalue weighted by atomic mass is 10.1. The van der Waals surface area contributed by atoms with E-state index in [9.17, 15) is 0 Å². The molecule has 0 nitrogen and oxygen atoms in total. The van der Waals surface area contributed by atoms with Gasteiger partial charge in [0.05, 0.1) is 0 Å². The highest BCUT2D eigenvalue weighted by molar-refractivity contribution is 7.73. The summed E-state index contributed by atoms with van der Waals surface area (Å²) in [6.07, 6.45) is 0. The third-order valence-corrected chi connectivity index (χ3v) is 6.86. The Labute approximate surface area is 134 Å². The maximum atomic E-state index is 2.37. The lowest BCUT2D eigenvalue weighted by molar-refractivity contribution is 1.06. The number of hydrogen-bond acceptors (Lipinski definition) is 0. The van der Waals surface area contributed by atoms with Gasteiger partial charge < -0.3 is 0 Å². The zero-order valence-corrected chi connectivity index (χ0v) is 14.0. The van der Waals surface area contributed by atoms with Crippen LogP contribution in [-0.4, -0.2) is 0 Å². The Bertz CT molecular complexity index is 680. The summed E-state index contributed by atoms with van der Waals surface area (Å²) in [5.74, 6) is 0. The monoisotopic (exact) mass is 304 g/mol. The fraction of sp³-hybridized carbons (Fsp3) is 0.143. The zero-order chi connectivity index (χ0) is 15.4. The van der Waals surface area contributed by atoms with E-state index in [4.69, 9.17) is 0 Å². The molecule has 0 aliphatic carbocycles. The van der Waals surface area contributed by atoms with Crippen LogP contribution < -0.4 is 10.6 Å². The summed E-state index contributed by atoms with van der Waals surface area (Å²) >= 11 is 0. The summed E-state index contributed by atoms with van der Waals surface area (Å²) < 4.78 is 0. The number of hydrogen-bond donors (Lipinski definition) is 0. The van der Waals surface area contributed by atoms with Crippen molar-refractivity contribution in [3.63, 3.8) is 0 Å². The highest BCUT2D eigenvalue weighted by atomic mass is 31.1. The van der Waals surface area contributed by atoms with Crippen molar-refractivity contribution in [2.24, 2.45) is 0 Å². The van der Waals surface area contributed by atoms with Gasteiger partial charge in [0.2, 0.25) is 0 Å². The van der Waals surface area contributed by atoms with Gasteiger partial charge in [-0.1, -0.05) is 91.9 Å². The molecule has 0 saturated carbocycles. The first-order valence-corrected chi connectivity index (χ1v) is 9.13. The van der Waals surface area contributed by atoms with Gasteiger partial charge in [-0.15, -0.1) is 0 Å². The van der Waals surface area contributed by atoms with Gasteiger partial charge in [0.25, 0.3) is 0 Å². The Balaban J connectivity index is 2.08. The largest absolute Gasteiger partial charge is 0.0622 e. The number of benzene rings is 3. The van der Waals surface area contributed by atoms with Crippen molar-refractivity contribution in [1.82, 2.24) is 0 Å². The summed E-state index contributed by atoms with van der Waals surface area (Å²) in [5, 5.41) is 2.89. The van der Waals surface area contributed by atoms with Crippen molar-refractivity contribution >= 4 is 18.5 Å². The van der Waals surface area contributed by atoms with Gasteiger partial charge in [0, 0.05) is 5.66 Å². The highest BCUT2D eigenvalue weighted by Gasteiger charge is 2.23. The molecule has 1 atom stereocenters. The van der Waals surface area contributed by atoms with E-state index in [0.29, 0.717) is 5.66 Å². The zero-order valence-electron chi connectivity index (χ0n) is 13.1. The van der Waals surface area contributed by atoms with Crippen molar-refractivity contribution < 1.29 is 0 Å². The van der Waals surface area contributed by atoms with Gasteiger partial charge in [-0.2, -0.15) is 0 Å². The third kappa shape index (κ3) is 3.13. The van der Waals surface area contributed by atoms with Gasteiger partial charge >= 0.3 is 0 Å². The van der Waals surface area contributed by atoms with Gasteiger partial charge in [-0.25, -0.2) is 0 Å². The van der Waals surface area contributed by atoms with E-state index in [1.165, 1.54) is 21.7 Å². The molecule has 0 saturated heterocycles. The average molecular weight is 304 g/mol. The van der Waals surface area contributed by atoms with E-state index in [-0.39, 0.29) is 0 Å². The minimum absolute atomic E-state index is 0.405. The molecule has 0 heterocycles. The van der Waals surface area contributed by atoms with Gasteiger partial charge in [-0.05, 0) is 36.6 Å². The molecule has 0 aromatic heterocycles. The van der Waals surface area contributed by atoms with Crippen LogP contribution >= 0.6 is 7.92 Å². The Kier molecular flexibility index (Phi) is 4.71. The molecule has 3 aromatic carbocycles. The molecule has 3 rings (SSSR count). The minimum Gasteiger partial charge on any atom is -0.0622 e. The fourth-order valence-corrected chi connectivity index (χ4v) is 5.72. The van der Waals surface area contributed by atoms with Crippen LogP contribution in [0.25, 0.3) is 0 Å². The number of aryl methyl sites for hydroxylation is 1. The second kappa shape index (κ2) is 6.90. The molecule has 0 spiro atoms. The first kappa shape index (κ1) is 15.0.